The van der Waals surface area contributed by atoms with Crippen LogP contribution >= 0.6 is 0 Å². The highest BCUT2D eigenvalue weighted by Crippen LogP contribution is 2.56. The predicted octanol–water partition coefficient (Wildman–Crippen LogP) is 13.2. The molecule has 0 amide bonds. The third-order valence-electron chi connectivity index (χ3n) is 9.55. The van der Waals surface area contributed by atoms with Crippen LogP contribution in [-0.4, -0.2) is 0 Å². The Labute approximate surface area is 302 Å². The van der Waals surface area contributed by atoms with Gasteiger partial charge in [-0.15, -0.1) is 0 Å². The summed E-state index contributed by atoms with van der Waals surface area (Å²) in [5.41, 5.74) is 6.26. The molecule has 0 radical (unpaired) electrons. The summed E-state index contributed by atoms with van der Waals surface area (Å²) in [5, 5.41) is 3.92. The molecular weight excluding hydrogens is 593 g/mol. The summed E-state index contributed by atoms with van der Waals surface area (Å²) < 4.78 is 86.2. The monoisotopic (exact) mass is 638 g/mol. The normalized spacial score (nSPS) is 15.7. The fourth-order valence-electron chi connectivity index (χ4n) is 7.47. The number of hydrogen-bond acceptors (Lipinski definition) is 2. The highest BCUT2D eigenvalue weighted by molar-refractivity contribution is 6.19. The van der Waals surface area contributed by atoms with Gasteiger partial charge in [0.1, 0.15) is 0 Å². The second-order valence-electron chi connectivity index (χ2n) is 12.7. The van der Waals surface area contributed by atoms with Crippen molar-refractivity contribution in [3.63, 3.8) is 0 Å². The van der Waals surface area contributed by atoms with Crippen molar-refractivity contribution in [2.24, 2.45) is 0 Å². The Balaban J connectivity index is 1.28. The molecule has 0 atom stereocenters. The van der Waals surface area contributed by atoms with Gasteiger partial charge in [0, 0.05) is 39.5 Å². The maximum Gasteiger partial charge on any atom is 0.0645 e. The van der Waals surface area contributed by atoms with Gasteiger partial charge in [0.25, 0.3) is 0 Å². The van der Waals surface area contributed by atoms with E-state index >= 15 is 0 Å². The largest absolute Gasteiger partial charge is 0.310 e. The van der Waals surface area contributed by atoms with Crippen molar-refractivity contribution >= 4 is 55.7 Å². The van der Waals surface area contributed by atoms with Crippen LogP contribution in [-0.2, 0) is 5.41 Å². The molecule has 0 spiro atoms. The first-order chi connectivity index (χ1) is 28.2. The maximum atomic E-state index is 8.93. The highest BCUT2D eigenvalue weighted by Gasteiger charge is 2.39. The van der Waals surface area contributed by atoms with Crippen molar-refractivity contribution < 1.29 is 13.7 Å². The number of fused-ring (bicyclic) bond motifs is 8. The van der Waals surface area contributed by atoms with Crippen molar-refractivity contribution in [3.8, 4) is 11.1 Å². The lowest BCUT2D eigenvalue weighted by Gasteiger charge is -2.29. The molecule has 2 nitrogen and oxygen atoms in total. The summed E-state index contributed by atoms with van der Waals surface area (Å²) in [5.74, 6) is 0. The second kappa shape index (κ2) is 11.5. The van der Waals surface area contributed by atoms with Crippen LogP contribution in [0.2, 0.25) is 0 Å². The molecule has 0 fully saturated rings. The Kier molecular flexibility index (Phi) is 4.78. The van der Waals surface area contributed by atoms with Crippen LogP contribution in [0.25, 0.3) is 32.7 Å². The summed E-state index contributed by atoms with van der Waals surface area (Å²) >= 11 is 0. The van der Waals surface area contributed by atoms with Gasteiger partial charge in [-0.25, -0.2) is 0 Å². The third-order valence-corrected chi connectivity index (χ3v) is 9.55. The molecule has 8 aromatic carbocycles. The first kappa shape index (κ1) is 20.3. The first-order valence-corrected chi connectivity index (χ1v) is 16.2. The third kappa shape index (κ3) is 4.71. The molecule has 1 aliphatic rings. The molecular formula is C47H36N2. The van der Waals surface area contributed by atoms with Crippen LogP contribution in [0.5, 0.6) is 0 Å². The molecule has 9 rings (SSSR count). The standard InChI is InChI=1S/C47H36N2/c1-47(2)44-32-38(49(35-21-11-5-12-22-35)36-23-13-6-14-24-36)28-30-42(44)45-40-26-16-15-25-39(40)43-31-37(27-29-41(43)46(45)47)48(33-17-7-3-8-18-33)34-19-9-4-10-20-34/h3-32H,1-2H3/i3D,5D,7D,8D,11D,12D,17D,18D,21D,22D. The number of para-hydroxylation sites is 4. The molecule has 49 heavy (non-hydrogen) atoms. The van der Waals surface area contributed by atoms with Crippen LogP contribution in [0.4, 0.5) is 34.1 Å². The molecule has 8 aromatic rings. The van der Waals surface area contributed by atoms with Crippen LogP contribution in [0.15, 0.2) is 182 Å². The smallest absolute Gasteiger partial charge is 0.0645 e. The molecule has 0 aromatic heterocycles. The second-order valence-corrected chi connectivity index (χ2v) is 12.7. The maximum absolute atomic E-state index is 8.93. The molecule has 0 saturated heterocycles. The molecule has 0 saturated carbocycles. The Morgan fingerprint density at radius 3 is 1.53 bits per heavy atom. The van der Waals surface area contributed by atoms with E-state index in [0.29, 0.717) is 22.7 Å². The summed E-state index contributed by atoms with van der Waals surface area (Å²) in [4.78, 5) is 3.46. The van der Waals surface area contributed by atoms with Gasteiger partial charge in [-0.3, -0.25) is 0 Å². The van der Waals surface area contributed by atoms with E-state index < -0.39 is 41.7 Å². The average Bonchev–Trinajstić information content (AvgIpc) is 3.50. The molecule has 0 N–H and O–H groups in total. The molecule has 2 heteroatoms. The zero-order valence-electron chi connectivity index (χ0n) is 36.9. The number of hydrogen-bond donors (Lipinski definition) is 0. The van der Waals surface area contributed by atoms with E-state index in [2.05, 4.69) is 44.2 Å². The SMILES string of the molecule is [2H]c1c([2H])c([2H])c(N(c2ccccc2)c2ccc3c(c2)C(C)(C)c2c-3c3ccccc3c3cc(N(c4ccccc4)c4c([2H])c([2H])c([2H])c([2H])c4[2H])ccc23)c([2H])c1[2H]. The highest BCUT2D eigenvalue weighted by atomic mass is 15.1. The van der Waals surface area contributed by atoms with Crippen LogP contribution in [0.1, 0.15) is 38.7 Å². The summed E-state index contributed by atoms with van der Waals surface area (Å²) in [6.45, 7) is 4.34. The van der Waals surface area contributed by atoms with Crippen molar-refractivity contribution in [1.29, 1.82) is 0 Å². The van der Waals surface area contributed by atoms with Crippen molar-refractivity contribution in [3.05, 3.63) is 193 Å². The number of nitrogens with zero attached hydrogens (tertiary/aromatic N) is 2. The van der Waals surface area contributed by atoms with Crippen LogP contribution in [0, 0.1) is 0 Å². The van der Waals surface area contributed by atoms with E-state index in [0.717, 1.165) is 43.8 Å². The van der Waals surface area contributed by atoms with Gasteiger partial charge >= 0.3 is 0 Å². The van der Waals surface area contributed by atoms with Gasteiger partial charge in [-0.05, 0) is 116 Å². The quantitative estimate of drug-likeness (QED) is 0.167. The molecule has 0 aliphatic heterocycles. The van der Waals surface area contributed by atoms with Gasteiger partial charge in [0.05, 0.1) is 13.7 Å². The minimum atomic E-state index is -0.585. The van der Waals surface area contributed by atoms with E-state index in [-0.39, 0.29) is 35.5 Å². The van der Waals surface area contributed by atoms with Gasteiger partial charge in [0.2, 0.25) is 0 Å². The zero-order valence-corrected chi connectivity index (χ0v) is 26.9. The Hall–Kier alpha value is -6.12. The fraction of sp³-hybridized carbons (Fsp3) is 0.0638. The number of rotatable bonds is 6. The fourth-order valence-corrected chi connectivity index (χ4v) is 7.47. The Morgan fingerprint density at radius 2 is 0.939 bits per heavy atom. The van der Waals surface area contributed by atoms with E-state index in [9.17, 15) is 0 Å². The van der Waals surface area contributed by atoms with E-state index in [1.807, 2.05) is 91.0 Å². The molecule has 0 unspecified atom stereocenters. The molecule has 0 heterocycles. The zero-order chi connectivity index (χ0) is 41.7. The number of anilines is 6. The summed E-state index contributed by atoms with van der Waals surface area (Å²) in [6.07, 6.45) is 0. The number of benzene rings is 8. The first-order valence-electron chi connectivity index (χ1n) is 21.2. The van der Waals surface area contributed by atoms with Crippen LogP contribution in [0.3, 0.4) is 0 Å². The van der Waals surface area contributed by atoms with Gasteiger partial charge < -0.3 is 9.80 Å². The molecule has 1 aliphatic carbocycles. The lowest BCUT2D eigenvalue weighted by molar-refractivity contribution is 0.666. The van der Waals surface area contributed by atoms with E-state index in [1.165, 1.54) is 0 Å². The summed E-state index contributed by atoms with van der Waals surface area (Å²) in [6, 6.07) is 35.1. The predicted molar refractivity (Wildman–Crippen MR) is 208 cm³/mol. The minimum absolute atomic E-state index is 0.0503. The van der Waals surface area contributed by atoms with Crippen molar-refractivity contribution in [2.75, 3.05) is 9.80 Å². The van der Waals surface area contributed by atoms with Crippen LogP contribution < -0.4 is 9.80 Å². The topological polar surface area (TPSA) is 6.48 Å². The van der Waals surface area contributed by atoms with Gasteiger partial charge in [-0.2, -0.15) is 0 Å². The van der Waals surface area contributed by atoms with Gasteiger partial charge in [0.15, 0.2) is 0 Å². The Bertz CT molecular complexity index is 2980. The van der Waals surface area contributed by atoms with Gasteiger partial charge in [-0.1, -0.05) is 123 Å². The lowest BCUT2D eigenvalue weighted by Crippen LogP contribution is -2.17. The summed E-state index contributed by atoms with van der Waals surface area (Å²) in [7, 11) is 0. The minimum Gasteiger partial charge on any atom is -0.310 e. The lowest BCUT2D eigenvalue weighted by atomic mass is 9.79. The average molecular weight is 639 g/mol. The molecule has 0 bridgehead atoms. The van der Waals surface area contributed by atoms with E-state index in [1.54, 1.807) is 9.80 Å². The Morgan fingerprint density at radius 1 is 0.429 bits per heavy atom. The van der Waals surface area contributed by atoms with Crippen molar-refractivity contribution in [1.82, 2.24) is 0 Å². The molecule has 234 valence electrons. The van der Waals surface area contributed by atoms with E-state index in [4.69, 9.17) is 13.7 Å². The van der Waals surface area contributed by atoms with Crippen molar-refractivity contribution in [2.45, 2.75) is 19.3 Å².